The molecule has 1 aromatic heterocycles. The standard InChI is InChI=1S/C21H20N4O2/c26-20-10-9-18(23-24-20)21(27)22-13-15-5-7-16(8-6-15)14-25-12-11-17-3-1-2-4-19(17)25/h1-10H,11-14H2,(H,22,27)(H,24,26). The Bertz CT molecular complexity index is 991. The highest BCUT2D eigenvalue weighted by Crippen LogP contribution is 2.28. The Balaban J connectivity index is 1.35. The lowest BCUT2D eigenvalue weighted by atomic mass is 10.1. The molecule has 0 saturated carbocycles. The summed E-state index contributed by atoms with van der Waals surface area (Å²) in [6.45, 7) is 2.33. The van der Waals surface area contributed by atoms with Gasteiger partial charge in [0.05, 0.1) is 0 Å². The van der Waals surface area contributed by atoms with Gasteiger partial charge in [-0.15, -0.1) is 0 Å². The van der Waals surface area contributed by atoms with E-state index in [1.165, 1.54) is 28.9 Å². The highest BCUT2D eigenvalue weighted by Gasteiger charge is 2.18. The molecule has 1 aliphatic heterocycles. The Morgan fingerprint density at radius 3 is 2.59 bits per heavy atom. The molecule has 2 aromatic carbocycles. The molecule has 6 nitrogen and oxygen atoms in total. The summed E-state index contributed by atoms with van der Waals surface area (Å²) < 4.78 is 0. The minimum atomic E-state index is -0.331. The monoisotopic (exact) mass is 360 g/mol. The van der Waals surface area contributed by atoms with E-state index in [4.69, 9.17) is 0 Å². The van der Waals surface area contributed by atoms with Crippen molar-refractivity contribution in [1.82, 2.24) is 15.5 Å². The molecule has 0 aliphatic carbocycles. The lowest BCUT2D eigenvalue weighted by Gasteiger charge is -2.19. The normalized spacial score (nSPS) is 12.7. The van der Waals surface area contributed by atoms with Crippen molar-refractivity contribution in [3.05, 3.63) is 93.4 Å². The number of H-pyrrole nitrogens is 1. The zero-order valence-electron chi connectivity index (χ0n) is 14.8. The number of amides is 1. The van der Waals surface area contributed by atoms with Crippen molar-refractivity contribution in [2.45, 2.75) is 19.5 Å². The van der Waals surface area contributed by atoms with Crippen molar-refractivity contribution in [3.63, 3.8) is 0 Å². The number of rotatable bonds is 5. The van der Waals surface area contributed by atoms with Gasteiger partial charge in [-0.05, 0) is 35.2 Å². The average molecular weight is 360 g/mol. The molecular formula is C21H20N4O2. The fourth-order valence-corrected chi connectivity index (χ4v) is 3.30. The van der Waals surface area contributed by atoms with Gasteiger partial charge in [-0.3, -0.25) is 9.59 Å². The summed E-state index contributed by atoms with van der Waals surface area (Å²) in [6.07, 6.45) is 1.10. The number of aromatic amines is 1. The summed E-state index contributed by atoms with van der Waals surface area (Å²) >= 11 is 0. The summed E-state index contributed by atoms with van der Waals surface area (Å²) in [4.78, 5) is 25.4. The van der Waals surface area contributed by atoms with E-state index in [0.29, 0.717) is 6.54 Å². The van der Waals surface area contributed by atoms with E-state index in [1.54, 1.807) is 0 Å². The Labute approximate surface area is 156 Å². The Morgan fingerprint density at radius 2 is 1.81 bits per heavy atom. The van der Waals surface area contributed by atoms with E-state index in [-0.39, 0.29) is 17.2 Å². The maximum atomic E-state index is 12.0. The largest absolute Gasteiger partial charge is 0.367 e. The van der Waals surface area contributed by atoms with Crippen molar-refractivity contribution in [3.8, 4) is 0 Å². The molecular weight excluding hydrogens is 340 g/mol. The maximum Gasteiger partial charge on any atom is 0.271 e. The van der Waals surface area contributed by atoms with Gasteiger partial charge in [-0.1, -0.05) is 42.5 Å². The van der Waals surface area contributed by atoms with Gasteiger partial charge in [0.25, 0.3) is 11.5 Å². The van der Waals surface area contributed by atoms with Crippen LogP contribution in [-0.4, -0.2) is 22.6 Å². The van der Waals surface area contributed by atoms with Gasteiger partial charge >= 0.3 is 0 Å². The first-order chi connectivity index (χ1) is 13.2. The van der Waals surface area contributed by atoms with Crippen LogP contribution in [0.2, 0.25) is 0 Å². The fourth-order valence-electron chi connectivity index (χ4n) is 3.30. The predicted molar refractivity (Wildman–Crippen MR) is 104 cm³/mol. The zero-order chi connectivity index (χ0) is 18.6. The van der Waals surface area contributed by atoms with E-state index in [2.05, 4.69) is 56.8 Å². The number of aromatic nitrogens is 2. The van der Waals surface area contributed by atoms with Crippen molar-refractivity contribution in [2.75, 3.05) is 11.4 Å². The van der Waals surface area contributed by atoms with Crippen molar-refractivity contribution < 1.29 is 4.79 Å². The van der Waals surface area contributed by atoms with Gasteiger partial charge in [0.2, 0.25) is 0 Å². The summed E-state index contributed by atoms with van der Waals surface area (Å²) in [7, 11) is 0. The molecule has 0 spiro atoms. The second kappa shape index (κ2) is 7.45. The third-order valence-corrected chi connectivity index (χ3v) is 4.74. The molecule has 1 amide bonds. The second-order valence-corrected chi connectivity index (χ2v) is 6.61. The first-order valence-corrected chi connectivity index (χ1v) is 8.94. The second-order valence-electron chi connectivity index (χ2n) is 6.61. The third kappa shape index (κ3) is 3.89. The molecule has 136 valence electrons. The molecule has 3 aromatic rings. The van der Waals surface area contributed by atoms with Crippen LogP contribution in [0.3, 0.4) is 0 Å². The zero-order valence-corrected chi connectivity index (χ0v) is 14.8. The van der Waals surface area contributed by atoms with Crippen LogP contribution in [0.15, 0.2) is 65.5 Å². The molecule has 0 atom stereocenters. The summed E-state index contributed by atoms with van der Waals surface area (Å²) in [5.74, 6) is -0.316. The summed E-state index contributed by atoms with van der Waals surface area (Å²) in [5, 5.41) is 8.79. The van der Waals surface area contributed by atoms with Crippen molar-refractivity contribution >= 4 is 11.6 Å². The Hall–Kier alpha value is -3.41. The molecule has 2 N–H and O–H groups in total. The van der Waals surface area contributed by atoms with E-state index < -0.39 is 0 Å². The van der Waals surface area contributed by atoms with E-state index in [1.807, 2.05) is 12.1 Å². The van der Waals surface area contributed by atoms with E-state index in [9.17, 15) is 9.59 Å². The number of hydrogen-bond acceptors (Lipinski definition) is 4. The molecule has 0 fully saturated rings. The minimum absolute atomic E-state index is 0.193. The molecule has 0 saturated heterocycles. The van der Waals surface area contributed by atoms with E-state index in [0.717, 1.165) is 25.1 Å². The summed E-state index contributed by atoms with van der Waals surface area (Å²) in [6, 6.07) is 19.5. The predicted octanol–water partition coefficient (Wildman–Crippen LogP) is 2.26. The fraction of sp³-hybridized carbons (Fsp3) is 0.190. The highest BCUT2D eigenvalue weighted by molar-refractivity contribution is 5.91. The van der Waals surface area contributed by atoms with Crippen LogP contribution in [0.25, 0.3) is 0 Å². The van der Waals surface area contributed by atoms with Crippen LogP contribution < -0.4 is 15.8 Å². The number of nitrogens with zero attached hydrogens (tertiary/aromatic N) is 2. The molecule has 2 heterocycles. The number of para-hydroxylation sites is 1. The van der Waals surface area contributed by atoms with Crippen LogP contribution in [0.4, 0.5) is 5.69 Å². The van der Waals surface area contributed by atoms with Gasteiger partial charge < -0.3 is 10.2 Å². The SMILES string of the molecule is O=C(NCc1ccc(CN2CCc3ccccc32)cc1)c1ccc(=O)[nH]n1. The average Bonchev–Trinajstić information content (AvgIpc) is 3.11. The number of carbonyl (C=O) groups excluding carboxylic acids is 1. The molecule has 0 unspecified atom stereocenters. The molecule has 0 bridgehead atoms. The number of benzene rings is 2. The third-order valence-electron chi connectivity index (χ3n) is 4.74. The van der Waals surface area contributed by atoms with Gasteiger partial charge in [-0.25, -0.2) is 5.10 Å². The minimum Gasteiger partial charge on any atom is -0.367 e. The van der Waals surface area contributed by atoms with Crippen LogP contribution in [-0.2, 0) is 19.5 Å². The van der Waals surface area contributed by atoms with Crippen molar-refractivity contribution in [2.24, 2.45) is 0 Å². The van der Waals surface area contributed by atoms with Gasteiger partial charge in [0.1, 0.15) is 5.69 Å². The molecule has 6 heteroatoms. The maximum absolute atomic E-state index is 12.0. The Kier molecular flexibility index (Phi) is 4.70. The van der Waals surface area contributed by atoms with Crippen LogP contribution in [0.5, 0.6) is 0 Å². The van der Waals surface area contributed by atoms with Crippen LogP contribution in [0, 0.1) is 0 Å². The number of nitrogens with one attached hydrogen (secondary N) is 2. The number of hydrogen-bond donors (Lipinski definition) is 2. The molecule has 1 aliphatic rings. The van der Waals surface area contributed by atoms with Crippen LogP contribution >= 0.6 is 0 Å². The van der Waals surface area contributed by atoms with Gasteiger partial charge in [0.15, 0.2) is 0 Å². The number of anilines is 1. The number of fused-ring (bicyclic) bond motifs is 1. The lowest BCUT2D eigenvalue weighted by molar-refractivity contribution is 0.0945. The Morgan fingerprint density at radius 1 is 1.04 bits per heavy atom. The first-order valence-electron chi connectivity index (χ1n) is 8.94. The quantitative estimate of drug-likeness (QED) is 0.732. The number of carbonyl (C=O) groups is 1. The molecule has 4 rings (SSSR count). The van der Waals surface area contributed by atoms with E-state index >= 15 is 0 Å². The van der Waals surface area contributed by atoms with Crippen LogP contribution in [0.1, 0.15) is 27.2 Å². The lowest BCUT2D eigenvalue weighted by Crippen LogP contribution is -2.25. The van der Waals surface area contributed by atoms with Gasteiger partial charge in [-0.2, -0.15) is 5.10 Å². The topological polar surface area (TPSA) is 78.1 Å². The highest BCUT2D eigenvalue weighted by atomic mass is 16.2. The molecule has 0 radical (unpaired) electrons. The summed E-state index contributed by atoms with van der Waals surface area (Å²) in [5.41, 5.74) is 4.85. The smallest absolute Gasteiger partial charge is 0.271 e. The van der Waals surface area contributed by atoms with Crippen molar-refractivity contribution in [1.29, 1.82) is 0 Å². The molecule has 27 heavy (non-hydrogen) atoms. The van der Waals surface area contributed by atoms with Gasteiger partial charge in [0, 0.05) is 31.4 Å². The first kappa shape index (κ1) is 17.0.